The second-order valence-corrected chi connectivity index (χ2v) is 7.30. The fourth-order valence-electron chi connectivity index (χ4n) is 3.25. The van der Waals surface area contributed by atoms with Gasteiger partial charge in [0.05, 0.1) is 0 Å². The molecule has 7 heteroatoms. The topological polar surface area (TPSA) is 61.4 Å². The highest BCUT2D eigenvalue weighted by Crippen LogP contribution is 2.12. The van der Waals surface area contributed by atoms with E-state index in [0.29, 0.717) is 30.1 Å². The summed E-state index contributed by atoms with van der Waals surface area (Å²) in [6.07, 6.45) is 0.456. The average Bonchev–Trinajstić information content (AvgIpc) is 2.68. The number of rotatable bonds is 5. The number of hydrogen-bond acceptors (Lipinski definition) is 3. The maximum Gasteiger partial charge on any atom is 0.251 e. The summed E-state index contributed by atoms with van der Waals surface area (Å²) in [5, 5.41) is 6.82. The molecule has 1 saturated heterocycles. The molecule has 2 amide bonds. The van der Waals surface area contributed by atoms with Crippen LogP contribution in [0.5, 0.6) is 0 Å². The summed E-state index contributed by atoms with van der Waals surface area (Å²) in [6.45, 7) is 4.10. The van der Waals surface area contributed by atoms with Gasteiger partial charge in [-0.2, -0.15) is 0 Å². The molecule has 0 aliphatic carbocycles. The number of amides is 2. The molecule has 2 aromatic rings. The Bertz CT molecular complexity index is 784. The standard InChI is InChI=1S/C21H24ClN3O2.ClH/c1-15-14-25(12-11-23-15)21(27)19(13-16-5-3-2-4-6-16)24-20(26)17-7-9-18(22)10-8-17;/h2-10,15,19,23H,11-14H2,1H3,(H,24,26);1H. The van der Waals surface area contributed by atoms with Gasteiger partial charge in [-0.05, 0) is 36.8 Å². The van der Waals surface area contributed by atoms with Gasteiger partial charge in [-0.1, -0.05) is 41.9 Å². The van der Waals surface area contributed by atoms with Crippen LogP contribution in [-0.4, -0.2) is 48.4 Å². The molecule has 2 unspecified atom stereocenters. The molecule has 0 radical (unpaired) electrons. The molecule has 1 aliphatic heterocycles. The summed E-state index contributed by atoms with van der Waals surface area (Å²) in [7, 11) is 0. The molecule has 1 fully saturated rings. The van der Waals surface area contributed by atoms with Crippen molar-refractivity contribution in [2.75, 3.05) is 19.6 Å². The van der Waals surface area contributed by atoms with E-state index in [2.05, 4.69) is 17.6 Å². The van der Waals surface area contributed by atoms with Gasteiger partial charge >= 0.3 is 0 Å². The van der Waals surface area contributed by atoms with Crippen molar-refractivity contribution in [3.8, 4) is 0 Å². The minimum Gasteiger partial charge on any atom is -0.340 e. The van der Waals surface area contributed by atoms with Crippen molar-refractivity contribution < 1.29 is 9.59 Å². The largest absolute Gasteiger partial charge is 0.340 e. The second-order valence-electron chi connectivity index (χ2n) is 6.86. The van der Waals surface area contributed by atoms with Crippen LogP contribution in [0.4, 0.5) is 0 Å². The summed E-state index contributed by atoms with van der Waals surface area (Å²) >= 11 is 5.90. The van der Waals surface area contributed by atoms with E-state index in [4.69, 9.17) is 11.6 Å². The Morgan fingerprint density at radius 3 is 2.50 bits per heavy atom. The first-order chi connectivity index (χ1) is 13.0. The molecular formula is C21H25Cl2N3O2. The maximum atomic E-state index is 13.1. The Labute approximate surface area is 176 Å². The van der Waals surface area contributed by atoms with Gasteiger partial charge < -0.3 is 15.5 Å². The quantitative estimate of drug-likeness (QED) is 0.779. The molecule has 28 heavy (non-hydrogen) atoms. The average molecular weight is 422 g/mol. The summed E-state index contributed by atoms with van der Waals surface area (Å²) in [5.41, 5.74) is 1.49. The van der Waals surface area contributed by atoms with Gasteiger partial charge in [0.1, 0.15) is 6.04 Å². The van der Waals surface area contributed by atoms with E-state index in [1.165, 1.54) is 0 Å². The fourth-order valence-corrected chi connectivity index (χ4v) is 3.37. The van der Waals surface area contributed by atoms with E-state index < -0.39 is 6.04 Å². The summed E-state index contributed by atoms with van der Waals surface area (Å²) < 4.78 is 0. The highest BCUT2D eigenvalue weighted by molar-refractivity contribution is 6.30. The van der Waals surface area contributed by atoms with Crippen LogP contribution >= 0.6 is 24.0 Å². The van der Waals surface area contributed by atoms with Crippen LogP contribution in [0.2, 0.25) is 5.02 Å². The van der Waals surface area contributed by atoms with Gasteiger partial charge in [0, 0.05) is 42.7 Å². The third-order valence-corrected chi connectivity index (χ3v) is 4.92. The highest BCUT2D eigenvalue weighted by Gasteiger charge is 2.29. The predicted octanol–water partition coefficient (Wildman–Crippen LogP) is 2.92. The lowest BCUT2D eigenvalue weighted by atomic mass is 10.0. The van der Waals surface area contributed by atoms with Crippen molar-refractivity contribution >= 4 is 35.8 Å². The number of nitrogens with one attached hydrogen (secondary N) is 2. The van der Waals surface area contributed by atoms with E-state index in [0.717, 1.165) is 12.1 Å². The molecule has 0 spiro atoms. The van der Waals surface area contributed by atoms with E-state index in [1.54, 1.807) is 24.3 Å². The zero-order valence-corrected chi connectivity index (χ0v) is 17.3. The first-order valence-corrected chi connectivity index (χ1v) is 9.53. The van der Waals surface area contributed by atoms with E-state index >= 15 is 0 Å². The van der Waals surface area contributed by atoms with Crippen molar-refractivity contribution in [2.24, 2.45) is 0 Å². The Kier molecular flexibility index (Phi) is 8.30. The highest BCUT2D eigenvalue weighted by atomic mass is 35.5. The molecule has 0 saturated carbocycles. The molecule has 3 rings (SSSR count). The van der Waals surface area contributed by atoms with Crippen molar-refractivity contribution in [3.63, 3.8) is 0 Å². The number of nitrogens with zero attached hydrogens (tertiary/aromatic N) is 1. The molecular weight excluding hydrogens is 397 g/mol. The first kappa shape index (κ1) is 22.2. The third kappa shape index (κ3) is 5.96. The number of carbonyl (C=O) groups is 2. The second kappa shape index (κ2) is 10.5. The van der Waals surface area contributed by atoms with Crippen LogP contribution in [0.25, 0.3) is 0 Å². The normalized spacial score (nSPS) is 17.4. The zero-order chi connectivity index (χ0) is 19.2. The Morgan fingerprint density at radius 1 is 1.18 bits per heavy atom. The van der Waals surface area contributed by atoms with Crippen molar-refractivity contribution in [1.29, 1.82) is 0 Å². The summed E-state index contributed by atoms with van der Waals surface area (Å²) in [6, 6.07) is 16.0. The van der Waals surface area contributed by atoms with Crippen molar-refractivity contribution in [2.45, 2.75) is 25.4 Å². The van der Waals surface area contributed by atoms with Gasteiger partial charge in [0.2, 0.25) is 5.91 Å². The SMILES string of the molecule is CC1CN(C(=O)C(Cc2ccccc2)NC(=O)c2ccc(Cl)cc2)CCN1.Cl. The minimum atomic E-state index is -0.610. The Balaban J connectivity index is 0.00000280. The molecule has 2 N–H and O–H groups in total. The molecule has 5 nitrogen and oxygen atoms in total. The van der Waals surface area contributed by atoms with Crippen molar-refractivity contribution in [3.05, 3.63) is 70.7 Å². The van der Waals surface area contributed by atoms with Gasteiger partial charge in [0.25, 0.3) is 5.91 Å². The van der Waals surface area contributed by atoms with E-state index in [9.17, 15) is 9.59 Å². The van der Waals surface area contributed by atoms with Crippen molar-refractivity contribution in [1.82, 2.24) is 15.5 Å². The van der Waals surface area contributed by atoms with Gasteiger partial charge in [-0.15, -0.1) is 12.4 Å². The first-order valence-electron chi connectivity index (χ1n) is 9.15. The smallest absolute Gasteiger partial charge is 0.251 e. The number of halogens is 2. The Morgan fingerprint density at radius 2 is 1.86 bits per heavy atom. The maximum absolute atomic E-state index is 13.1. The number of hydrogen-bond donors (Lipinski definition) is 2. The van der Waals surface area contributed by atoms with Gasteiger partial charge in [-0.3, -0.25) is 9.59 Å². The third-order valence-electron chi connectivity index (χ3n) is 4.67. The summed E-state index contributed by atoms with van der Waals surface area (Å²) in [5.74, 6) is -0.321. The molecule has 1 aliphatic rings. The fraction of sp³-hybridized carbons (Fsp3) is 0.333. The van der Waals surface area contributed by atoms with Gasteiger partial charge in [0.15, 0.2) is 0 Å². The lowest BCUT2D eigenvalue weighted by Gasteiger charge is -2.34. The molecule has 150 valence electrons. The van der Waals surface area contributed by atoms with Crippen LogP contribution in [0.3, 0.4) is 0 Å². The monoisotopic (exact) mass is 421 g/mol. The number of piperazine rings is 1. The number of benzene rings is 2. The lowest BCUT2D eigenvalue weighted by molar-refractivity contribution is -0.134. The number of carbonyl (C=O) groups excluding carboxylic acids is 2. The van der Waals surface area contributed by atoms with Gasteiger partial charge in [-0.25, -0.2) is 0 Å². The lowest BCUT2D eigenvalue weighted by Crippen LogP contribution is -2.57. The molecule has 0 bridgehead atoms. The molecule has 2 aromatic carbocycles. The Hall–Kier alpha value is -2.08. The molecule has 2 atom stereocenters. The van der Waals surface area contributed by atoms with Crippen LogP contribution in [0, 0.1) is 0 Å². The van der Waals surface area contributed by atoms with Crippen LogP contribution in [0.1, 0.15) is 22.8 Å². The van der Waals surface area contributed by atoms with Crippen LogP contribution in [0.15, 0.2) is 54.6 Å². The minimum absolute atomic E-state index is 0. The van der Waals surface area contributed by atoms with Crippen LogP contribution in [-0.2, 0) is 11.2 Å². The zero-order valence-electron chi connectivity index (χ0n) is 15.7. The predicted molar refractivity (Wildman–Crippen MR) is 114 cm³/mol. The summed E-state index contributed by atoms with van der Waals surface area (Å²) in [4.78, 5) is 27.6. The molecule has 1 heterocycles. The van der Waals surface area contributed by atoms with Crippen LogP contribution < -0.4 is 10.6 Å². The van der Waals surface area contributed by atoms with E-state index in [-0.39, 0.29) is 30.3 Å². The van der Waals surface area contributed by atoms with E-state index in [1.807, 2.05) is 35.2 Å². The molecule has 0 aromatic heterocycles.